The highest BCUT2D eigenvalue weighted by atomic mass is 16.5. The van der Waals surface area contributed by atoms with Gasteiger partial charge in [0.25, 0.3) is 5.91 Å². The molecule has 1 aromatic heterocycles. The minimum atomic E-state index is -1.16. The molecule has 0 aliphatic heterocycles. The van der Waals surface area contributed by atoms with Gasteiger partial charge in [0.15, 0.2) is 5.69 Å². The molecule has 0 aliphatic rings. The Hall–Kier alpha value is -2.83. The quantitative estimate of drug-likeness (QED) is 0.760. The van der Waals surface area contributed by atoms with Crippen LogP contribution < -0.4 is 5.32 Å². The second-order valence-electron chi connectivity index (χ2n) is 4.56. The highest BCUT2D eigenvalue weighted by Gasteiger charge is 2.22. The van der Waals surface area contributed by atoms with E-state index in [1.165, 1.54) is 18.2 Å². The molecule has 0 bridgehead atoms. The lowest BCUT2D eigenvalue weighted by molar-refractivity contribution is -0.139. The van der Waals surface area contributed by atoms with Crippen LogP contribution in [0.2, 0.25) is 0 Å². The van der Waals surface area contributed by atoms with E-state index in [2.05, 4.69) is 10.5 Å². The lowest BCUT2D eigenvalue weighted by Gasteiger charge is -2.13. The number of amides is 1. The van der Waals surface area contributed by atoms with E-state index in [1.54, 1.807) is 19.1 Å². The van der Waals surface area contributed by atoms with E-state index in [4.69, 9.17) is 4.52 Å². The fourth-order valence-corrected chi connectivity index (χ4v) is 1.77. The Morgan fingerprint density at radius 2 is 2.00 bits per heavy atom. The number of benzene rings is 1. The van der Waals surface area contributed by atoms with E-state index >= 15 is 0 Å². The van der Waals surface area contributed by atoms with Crippen LogP contribution in [0.1, 0.15) is 21.8 Å². The summed E-state index contributed by atoms with van der Waals surface area (Å²) >= 11 is 0. The number of nitrogens with one attached hydrogen (secondary N) is 1. The van der Waals surface area contributed by atoms with Crippen molar-refractivity contribution >= 4 is 11.9 Å². The van der Waals surface area contributed by atoms with Crippen molar-refractivity contribution in [2.75, 3.05) is 0 Å². The number of carboxylic acid groups (broad SMARTS) is 1. The number of carboxylic acids is 1. The van der Waals surface area contributed by atoms with Gasteiger partial charge in [0, 0.05) is 12.5 Å². The standard InChI is InChI=1S/C14H14N2O5/c1-8-6-11(16-21-8)13(18)15-12(14(19)20)7-9-2-4-10(17)5-3-9/h2-6,12,17H,7H2,1H3,(H,15,18)(H,19,20)/t12-/m0/s1. The van der Waals surface area contributed by atoms with Crippen molar-refractivity contribution in [3.8, 4) is 5.75 Å². The molecule has 2 rings (SSSR count). The number of aromatic hydroxyl groups is 1. The highest BCUT2D eigenvalue weighted by Crippen LogP contribution is 2.12. The molecule has 0 unspecified atom stereocenters. The van der Waals surface area contributed by atoms with Crippen molar-refractivity contribution in [3.05, 3.63) is 47.3 Å². The summed E-state index contributed by atoms with van der Waals surface area (Å²) in [5.74, 6) is -1.21. The highest BCUT2D eigenvalue weighted by molar-refractivity contribution is 5.94. The number of rotatable bonds is 5. The zero-order chi connectivity index (χ0) is 15.4. The Morgan fingerprint density at radius 3 is 2.52 bits per heavy atom. The van der Waals surface area contributed by atoms with Crippen LogP contribution in [0.3, 0.4) is 0 Å². The normalized spacial score (nSPS) is 11.9. The number of phenolic OH excluding ortho intramolecular Hbond substituents is 1. The van der Waals surface area contributed by atoms with Gasteiger partial charge >= 0.3 is 5.97 Å². The first kappa shape index (κ1) is 14.6. The molecule has 0 aliphatic carbocycles. The number of aliphatic carboxylic acids is 1. The Labute approximate surface area is 120 Å². The smallest absolute Gasteiger partial charge is 0.326 e. The molecule has 0 radical (unpaired) electrons. The van der Waals surface area contributed by atoms with Crippen molar-refractivity contribution in [1.82, 2.24) is 10.5 Å². The van der Waals surface area contributed by atoms with Crippen LogP contribution in [0, 0.1) is 6.92 Å². The Bertz CT molecular complexity index is 648. The van der Waals surface area contributed by atoms with Crippen LogP contribution in [-0.2, 0) is 11.2 Å². The van der Waals surface area contributed by atoms with Crippen molar-refractivity contribution in [3.63, 3.8) is 0 Å². The number of nitrogens with zero attached hydrogens (tertiary/aromatic N) is 1. The van der Waals surface area contributed by atoms with Gasteiger partial charge in [-0.3, -0.25) is 4.79 Å². The van der Waals surface area contributed by atoms with Crippen LogP contribution in [0.5, 0.6) is 5.75 Å². The van der Waals surface area contributed by atoms with Gasteiger partial charge in [0.05, 0.1) is 0 Å². The number of aromatic nitrogens is 1. The van der Waals surface area contributed by atoms with Gasteiger partial charge in [-0.05, 0) is 24.6 Å². The maximum absolute atomic E-state index is 11.9. The van der Waals surface area contributed by atoms with E-state index in [9.17, 15) is 19.8 Å². The SMILES string of the molecule is Cc1cc(C(=O)N[C@@H](Cc2ccc(O)cc2)C(=O)O)no1. The summed E-state index contributed by atoms with van der Waals surface area (Å²) in [4.78, 5) is 23.1. The third-order valence-corrected chi connectivity index (χ3v) is 2.84. The number of phenols is 1. The van der Waals surface area contributed by atoms with Crippen LogP contribution in [0.25, 0.3) is 0 Å². The van der Waals surface area contributed by atoms with Crippen LogP contribution in [0.4, 0.5) is 0 Å². The van der Waals surface area contributed by atoms with Crippen LogP contribution in [0.15, 0.2) is 34.9 Å². The molecule has 0 saturated carbocycles. The van der Waals surface area contributed by atoms with E-state index in [0.717, 1.165) is 0 Å². The van der Waals surface area contributed by atoms with E-state index in [1.807, 2.05) is 0 Å². The molecule has 0 spiro atoms. The number of aryl methyl sites for hydroxylation is 1. The van der Waals surface area contributed by atoms with Gasteiger partial charge in [-0.2, -0.15) is 0 Å². The summed E-state index contributed by atoms with van der Waals surface area (Å²) in [6, 6.07) is 6.43. The summed E-state index contributed by atoms with van der Waals surface area (Å²) in [7, 11) is 0. The minimum Gasteiger partial charge on any atom is -0.508 e. The lowest BCUT2D eigenvalue weighted by Crippen LogP contribution is -2.42. The topological polar surface area (TPSA) is 113 Å². The lowest BCUT2D eigenvalue weighted by atomic mass is 10.1. The van der Waals surface area contributed by atoms with Gasteiger partial charge in [0.2, 0.25) is 0 Å². The maximum atomic E-state index is 11.9. The molecular formula is C14H14N2O5. The Balaban J connectivity index is 2.07. The molecule has 0 saturated heterocycles. The number of carbonyl (C=O) groups is 2. The van der Waals surface area contributed by atoms with Crippen molar-refractivity contribution in [2.24, 2.45) is 0 Å². The molecular weight excluding hydrogens is 276 g/mol. The zero-order valence-electron chi connectivity index (χ0n) is 11.2. The van der Waals surface area contributed by atoms with Crippen molar-refractivity contribution < 1.29 is 24.3 Å². The minimum absolute atomic E-state index is 0.0319. The van der Waals surface area contributed by atoms with Gasteiger partial charge in [-0.15, -0.1) is 0 Å². The monoisotopic (exact) mass is 290 g/mol. The van der Waals surface area contributed by atoms with Crippen LogP contribution >= 0.6 is 0 Å². The average Bonchev–Trinajstić information content (AvgIpc) is 2.87. The van der Waals surface area contributed by atoms with Crippen LogP contribution in [-0.4, -0.2) is 33.3 Å². The largest absolute Gasteiger partial charge is 0.508 e. The van der Waals surface area contributed by atoms with Gasteiger partial charge in [0.1, 0.15) is 17.6 Å². The molecule has 21 heavy (non-hydrogen) atoms. The Morgan fingerprint density at radius 1 is 1.33 bits per heavy atom. The first-order chi connectivity index (χ1) is 9.95. The van der Waals surface area contributed by atoms with Gasteiger partial charge in [-0.1, -0.05) is 17.3 Å². The predicted octanol–water partition coefficient (Wildman–Crippen LogP) is 1.11. The molecule has 0 fully saturated rings. The molecule has 1 atom stereocenters. The zero-order valence-corrected chi connectivity index (χ0v) is 11.2. The third-order valence-electron chi connectivity index (χ3n) is 2.84. The van der Waals surface area contributed by atoms with Gasteiger partial charge in [-0.25, -0.2) is 4.79 Å². The molecule has 110 valence electrons. The number of hydrogen-bond acceptors (Lipinski definition) is 5. The van der Waals surface area contributed by atoms with E-state index < -0.39 is 17.9 Å². The second-order valence-corrected chi connectivity index (χ2v) is 4.56. The molecule has 1 heterocycles. The Kier molecular flexibility index (Phi) is 4.22. The molecule has 3 N–H and O–H groups in total. The fourth-order valence-electron chi connectivity index (χ4n) is 1.77. The summed E-state index contributed by atoms with van der Waals surface area (Å²) < 4.78 is 4.77. The third kappa shape index (κ3) is 3.82. The second kappa shape index (κ2) is 6.08. The summed E-state index contributed by atoms with van der Waals surface area (Å²) in [5.41, 5.74) is 0.710. The maximum Gasteiger partial charge on any atom is 0.326 e. The molecule has 7 heteroatoms. The fraction of sp³-hybridized carbons (Fsp3) is 0.214. The summed E-state index contributed by atoms with van der Waals surface area (Å²) in [6.07, 6.45) is 0.0954. The summed E-state index contributed by atoms with van der Waals surface area (Å²) in [6.45, 7) is 1.63. The van der Waals surface area contributed by atoms with Crippen molar-refractivity contribution in [1.29, 1.82) is 0 Å². The molecule has 2 aromatic rings. The summed E-state index contributed by atoms with van der Waals surface area (Å²) in [5, 5.41) is 24.3. The number of carbonyl (C=O) groups excluding carboxylic acids is 1. The first-order valence-corrected chi connectivity index (χ1v) is 6.20. The molecule has 7 nitrogen and oxygen atoms in total. The van der Waals surface area contributed by atoms with E-state index in [0.29, 0.717) is 11.3 Å². The molecule has 1 amide bonds. The first-order valence-electron chi connectivity index (χ1n) is 6.20. The van der Waals surface area contributed by atoms with Crippen molar-refractivity contribution in [2.45, 2.75) is 19.4 Å². The number of hydrogen-bond donors (Lipinski definition) is 3. The average molecular weight is 290 g/mol. The van der Waals surface area contributed by atoms with E-state index in [-0.39, 0.29) is 17.9 Å². The predicted molar refractivity (Wildman–Crippen MR) is 71.9 cm³/mol. The molecule has 1 aromatic carbocycles. The van der Waals surface area contributed by atoms with Gasteiger partial charge < -0.3 is 20.1 Å².